The monoisotopic (exact) mass is 278 g/mol. The topological polar surface area (TPSA) is 57.5 Å². The first kappa shape index (κ1) is 17.2. The van der Waals surface area contributed by atoms with E-state index in [4.69, 9.17) is 0 Å². The summed E-state index contributed by atoms with van der Waals surface area (Å²) >= 11 is 1.11. The molecule has 0 amide bonds. The van der Waals surface area contributed by atoms with Gasteiger partial charge in [0.15, 0.2) is 5.12 Å². The molecule has 0 unspecified atom stereocenters. The van der Waals surface area contributed by atoms with E-state index in [0.29, 0.717) is 12.5 Å². The van der Waals surface area contributed by atoms with Crippen LogP contribution in [-0.4, -0.2) is 28.6 Å². The van der Waals surface area contributed by atoms with Crippen LogP contribution in [0.5, 0.6) is 0 Å². The number of carbonyl (C=O) groups excluding carboxylic acids is 1. The number of thioether (sulfide) groups is 1. The minimum Gasteiger partial charge on any atom is -0.410 e. The molecular weight excluding hydrogens is 252 g/mol. The van der Waals surface area contributed by atoms with E-state index in [9.17, 15) is 14.4 Å². The van der Waals surface area contributed by atoms with Gasteiger partial charge in [0.25, 0.3) is 0 Å². The molecule has 0 rings (SSSR count). The summed E-state index contributed by atoms with van der Waals surface area (Å²) in [7, 11) is -3.08. The van der Waals surface area contributed by atoms with Crippen molar-refractivity contribution in [1.29, 1.82) is 0 Å². The van der Waals surface area contributed by atoms with Gasteiger partial charge in [-0.2, -0.15) is 0 Å². The highest BCUT2D eigenvalue weighted by atomic mass is 32.2. The highest BCUT2D eigenvalue weighted by Crippen LogP contribution is 2.17. The first-order valence-electron chi connectivity index (χ1n) is 6.62. The minimum atomic E-state index is -3.08. The number of rotatable bonds is 10. The Hall–Kier alpha value is 0.157. The van der Waals surface area contributed by atoms with Crippen LogP contribution in [0.1, 0.15) is 58.8 Å². The van der Waals surface area contributed by atoms with E-state index in [1.54, 1.807) is 0 Å². The van der Waals surface area contributed by atoms with Crippen molar-refractivity contribution in [3.63, 3.8) is 0 Å². The van der Waals surface area contributed by atoms with Gasteiger partial charge in [0, 0.05) is 11.8 Å². The normalized spacial score (nSPS) is 11.8. The Morgan fingerprint density at radius 2 is 1.71 bits per heavy atom. The van der Waals surface area contributed by atoms with Crippen molar-refractivity contribution in [3.05, 3.63) is 0 Å². The van der Waals surface area contributed by atoms with Gasteiger partial charge in [-0.05, 0) is 12.5 Å². The molecule has 0 bridgehead atoms. The Balaban J connectivity index is 3.52. The molecule has 0 saturated carbocycles. The molecule has 0 heterocycles. The number of hydrogen-bond acceptors (Lipinski definition) is 4. The van der Waals surface area contributed by atoms with Crippen LogP contribution in [0, 0.1) is 0 Å². The zero-order chi connectivity index (χ0) is 13.1. The summed E-state index contributed by atoms with van der Waals surface area (Å²) < 4.78 is 0. The molecule has 0 aliphatic heterocycles. The van der Waals surface area contributed by atoms with Gasteiger partial charge in [-0.3, -0.25) is 4.79 Å². The summed E-state index contributed by atoms with van der Waals surface area (Å²) in [6.45, 7) is 4.09. The van der Waals surface area contributed by atoms with E-state index in [-0.39, 0.29) is 10.5 Å². The van der Waals surface area contributed by atoms with Crippen molar-refractivity contribution in [2.75, 3.05) is 5.38 Å². The van der Waals surface area contributed by atoms with Crippen LogP contribution in [0.25, 0.3) is 0 Å². The lowest BCUT2D eigenvalue weighted by molar-refractivity contribution is -0.111. The standard InChI is InChI=1S/C12H26O3SSi/c1-3-5-6-7-8-9-12(13)16-11-17(14,15)10-4-2/h14-15H,3-11H2,1-2H3. The quantitative estimate of drug-likeness (QED) is 0.476. The Labute approximate surface area is 110 Å². The van der Waals surface area contributed by atoms with E-state index in [1.165, 1.54) is 19.3 Å². The molecule has 0 aromatic rings. The van der Waals surface area contributed by atoms with E-state index in [0.717, 1.165) is 31.0 Å². The molecule has 0 radical (unpaired) electrons. The molecule has 0 spiro atoms. The van der Waals surface area contributed by atoms with Gasteiger partial charge < -0.3 is 9.59 Å². The summed E-state index contributed by atoms with van der Waals surface area (Å²) in [6.07, 6.45) is 7.03. The predicted molar refractivity (Wildman–Crippen MR) is 76.1 cm³/mol. The summed E-state index contributed by atoms with van der Waals surface area (Å²) in [5.74, 6) is 0. The van der Waals surface area contributed by atoms with Gasteiger partial charge in [0.05, 0.1) is 0 Å². The highest BCUT2D eigenvalue weighted by molar-refractivity contribution is 8.14. The fourth-order valence-electron chi connectivity index (χ4n) is 1.61. The molecule has 0 aliphatic carbocycles. The predicted octanol–water partition coefficient (Wildman–Crippen LogP) is 2.98. The maximum atomic E-state index is 11.5. The van der Waals surface area contributed by atoms with Crippen LogP contribution < -0.4 is 0 Å². The Bertz CT molecular complexity index is 210. The SMILES string of the molecule is CCCCCCCC(=O)SC[Si](O)(O)CCC. The third-order valence-corrected chi connectivity index (χ3v) is 6.85. The van der Waals surface area contributed by atoms with E-state index in [2.05, 4.69) is 6.92 Å². The third-order valence-electron chi connectivity index (χ3n) is 2.60. The van der Waals surface area contributed by atoms with Gasteiger partial charge in [0.2, 0.25) is 0 Å². The van der Waals surface area contributed by atoms with Crippen LogP contribution in [0.3, 0.4) is 0 Å². The van der Waals surface area contributed by atoms with Gasteiger partial charge in [-0.25, -0.2) is 0 Å². The number of hydrogen-bond donors (Lipinski definition) is 2. The number of carbonyl (C=O) groups is 1. The average Bonchev–Trinajstić information content (AvgIpc) is 2.26. The Morgan fingerprint density at radius 3 is 2.29 bits per heavy atom. The van der Waals surface area contributed by atoms with Crippen molar-refractivity contribution < 1.29 is 14.4 Å². The van der Waals surface area contributed by atoms with Crippen molar-refractivity contribution in [1.82, 2.24) is 0 Å². The minimum absolute atomic E-state index is 0.109. The zero-order valence-electron chi connectivity index (χ0n) is 11.1. The maximum Gasteiger partial charge on any atom is 0.343 e. The number of unbranched alkanes of at least 4 members (excludes halogenated alkanes) is 4. The van der Waals surface area contributed by atoms with E-state index < -0.39 is 8.56 Å². The van der Waals surface area contributed by atoms with Gasteiger partial charge in [-0.15, -0.1) is 0 Å². The lowest BCUT2D eigenvalue weighted by Crippen LogP contribution is -2.38. The molecule has 5 heteroatoms. The smallest absolute Gasteiger partial charge is 0.343 e. The summed E-state index contributed by atoms with van der Waals surface area (Å²) in [6, 6.07) is 0.462. The third kappa shape index (κ3) is 11.0. The summed E-state index contributed by atoms with van der Waals surface area (Å²) in [4.78, 5) is 30.7. The van der Waals surface area contributed by atoms with Gasteiger partial charge in [-0.1, -0.05) is 57.7 Å². The molecule has 0 saturated heterocycles. The lowest BCUT2D eigenvalue weighted by atomic mass is 10.1. The van der Waals surface area contributed by atoms with Crippen molar-refractivity contribution in [2.45, 2.75) is 64.8 Å². The average molecular weight is 278 g/mol. The van der Waals surface area contributed by atoms with Crippen LogP contribution in [-0.2, 0) is 4.79 Å². The molecule has 0 aromatic heterocycles. The lowest BCUT2D eigenvalue weighted by Gasteiger charge is -2.15. The summed E-state index contributed by atoms with van der Waals surface area (Å²) in [5.41, 5.74) is 0. The summed E-state index contributed by atoms with van der Waals surface area (Å²) in [5, 5.41) is 0.340. The van der Waals surface area contributed by atoms with Crippen LogP contribution in [0.2, 0.25) is 6.04 Å². The molecule has 17 heavy (non-hydrogen) atoms. The van der Waals surface area contributed by atoms with E-state index >= 15 is 0 Å². The van der Waals surface area contributed by atoms with Gasteiger partial charge in [0.1, 0.15) is 0 Å². The molecular formula is C12H26O3SSi. The van der Waals surface area contributed by atoms with Crippen LogP contribution in [0.4, 0.5) is 0 Å². The first-order chi connectivity index (χ1) is 8.02. The zero-order valence-corrected chi connectivity index (χ0v) is 12.9. The largest absolute Gasteiger partial charge is 0.410 e. The molecule has 0 aromatic carbocycles. The molecule has 0 fully saturated rings. The van der Waals surface area contributed by atoms with Gasteiger partial charge >= 0.3 is 8.56 Å². The molecule has 3 nitrogen and oxygen atoms in total. The fraction of sp³-hybridized carbons (Fsp3) is 0.917. The second-order valence-corrected chi connectivity index (χ2v) is 8.92. The van der Waals surface area contributed by atoms with Crippen molar-refractivity contribution in [2.24, 2.45) is 0 Å². The Kier molecular flexibility index (Phi) is 10.2. The van der Waals surface area contributed by atoms with Crippen molar-refractivity contribution >= 4 is 25.4 Å². The highest BCUT2D eigenvalue weighted by Gasteiger charge is 2.28. The molecule has 0 atom stereocenters. The van der Waals surface area contributed by atoms with Crippen molar-refractivity contribution in [3.8, 4) is 0 Å². The fourth-order valence-corrected chi connectivity index (χ4v) is 4.85. The van der Waals surface area contributed by atoms with Crippen LogP contribution in [0.15, 0.2) is 0 Å². The maximum absolute atomic E-state index is 11.5. The molecule has 2 N–H and O–H groups in total. The van der Waals surface area contributed by atoms with E-state index in [1.807, 2.05) is 6.92 Å². The van der Waals surface area contributed by atoms with Crippen LogP contribution >= 0.6 is 11.8 Å². The Morgan fingerprint density at radius 1 is 1.06 bits per heavy atom. The second-order valence-electron chi connectivity index (χ2n) is 4.56. The molecule has 102 valence electrons. The second kappa shape index (κ2) is 10.1. The molecule has 0 aliphatic rings. The first-order valence-corrected chi connectivity index (χ1v) is 9.91.